The lowest BCUT2D eigenvalue weighted by atomic mass is 9.96. The van der Waals surface area contributed by atoms with Crippen molar-refractivity contribution in [1.82, 2.24) is 4.72 Å². The lowest BCUT2D eigenvalue weighted by Crippen LogP contribution is -2.48. The lowest BCUT2D eigenvalue weighted by molar-refractivity contribution is -0.132. The van der Waals surface area contributed by atoms with Crippen molar-refractivity contribution >= 4 is 38.3 Å². The summed E-state index contributed by atoms with van der Waals surface area (Å²) in [5.41, 5.74) is 0.672. The fraction of sp³-hybridized carbons (Fsp3) is 0.172. The van der Waals surface area contributed by atoms with E-state index in [2.05, 4.69) is 0 Å². The molecule has 0 saturated carbocycles. The molecule has 1 atom stereocenters. The van der Waals surface area contributed by atoms with E-state index in [1.807, 2.05) is 16.9 Å². The molecule has 0 aliphatic rings. The first-order chi connectivity index (χ1) is 18.0. The van der Waals surface area contributed by atoms with Crippen molar-refractivity contribution in [3.8, 4) is 0 Å². The highest BCUT2D eigenvalue weighted by Gasteiger charge is 2.35. The number of fused-ring (bicyclic) bond motifs is 1. The van der Waals surface area contributed by atoms with Gasteiger partial charge in [-0.05, 0) is 85.1 Å². The zero-order valence-corrected chi connectivity index (χ0v) is 21.6. The average molecular weight is 537 g/mol. The fourth-order valence-corrected chi connectivity index (χ4v) is 5.29. The minimum absolute atomic E-state index is 0.138. The minimum atomic E-state index is -4.34. The van der Waals surface area contributed by atoms with Gasteiger partial charge in [-0.25, -0.2) is 21.9 Å². The fourth-order valence-electron chi connectivity index (χ4n) is 4.24. The van der Waals surface area contributed by atoms with Gasteiger partial charge in [-0.1, -0.05) is 42.5 Å². The molecule has 1 unspecified atom stereocenters. The van der Waals surface area contributed by atoms with Crippen molar-refractivity contribution in [3.05, 3.63) is 108 Å². The van der Waals surface area contributed by atoms with Crippen molar-refractivity contribution in [3.63, 3.8) is 0 Å². The third-order valence-corrected chi connectivity index (χ3v) is 7.41. The summed E-state index contributed by atoms with van der Waals surface area (Å²) in [6.45, 7) is 3.43. The van der Waals surface area contributed by atoms with Crippen LogP contribution in [-0.2, 0) is 26.0 Å². The van der Waals surface area contributed by atoms with Gasteiger partial charge in [0.15, 0.2) is 0 Å². The molecule has 4 aromatic rings. The van der Waals surface area contributed by atoms with Crippen LogP contribution in [0.5, 0.6) is 0 Å². The first kappa shape index (κ1) is 26.9. The third-order valence-electron chi connectivity index (χ3n) is 6.07. The van der Waals surface area contributed by atoms with Gasteiger partial charge < -0.3 is 4.90 Å². The summed E-state index contributed by atoms with van der Waals surface area (Å²) in [5.74, 6) is -4.33. The lowest BCUT2D eigenvalue weighted by Gasteiger charge is -2.30. The Morgan fingerprint density at radius 1 is 0.816 bits per heavy atom. The Morgan fingerprint density at radius 3 is 2.16 bits per heavy atom. The maximum atomic E-state index is 13.9. The summed E-state index contributed by atoms with van der Waals surface area (Å²) in [6, 6.07) is 21.7. The molecule has 9 heteroatoms. The normalized spacial score (nSPS) is 12.3. The highest BCUT2D eigenvalue weighted by molar-refractivity contribution is 7.90. The molecule has 0 spiro atoms. The summed E-state index contributed by atoms with van der Waals surface area (Å²) in [5, 5.41) is 1.49. The Hall–Kier alpha value is -4.11. The Labute approximate surface area is 220 Å². The van der Waals surface area contributed by atoms with E-state index in [1.165, 1.54) is 59.5 Å². The van der Waals surface area contributed by atoms with Gasteiger partial charge in [-0.2, -0.15) is 0 Å². The van der Waals surface area contributed by atoms with E-state index in [1.54, 1.807) is 38.1 Å². The molecule has 196 valence electrons. The molecule has 6 nitrogen and oxygen atoms in total. The molecule has 4 aromatic carbocycles. The number of hydrogen-bond acceptors (Lipinski definition) is 4. The number of benzene rings is 4. The number of rotatable bonds is 8. The van der Waals surface area contributed by atoms with E-state index >= 15 is 0 Å². The second kappa shape index (κ2) is 11.1. The van der Waals surface area contributed by atoms with E-state index in [0.29, 0.717) is 16.6 Å². The van der Waals surface area contributed by atoms with E-state index < -0.39 is 45.4 Å². The van der Waals surface area contributed by atoms with Crippen molar-refractivity contribution in [1.29, 1.82) is 0 Å². The van der Waals surface area contributed by atoms with Gasteiger partial charge in [-0.15, -0.1) is 0 Å². The molecule has 1 N–H and O–H groups in total. The number of carbonyl (C=O) groups is 2. The van der Waals surface area contributed by atoms with Crippen molar-refractivity contribution < 1.29 is 26.8 Å². The SMILES string of the molecule is CC(C)N(C(=O)C(Cc1cccc(F)c1)C(=O)NS(=O)(=O)c1ccc2ccccc2c1)c1ccc(F)cc1. The molecular weight excluding hydrogens is 510 g/mol. The van der Waals surface area contributed by atoms with Gasteiger partial charge in [0.05, 0.1) is 4.90 Å². The highest BCUT2D eigenvalue weighted by Crippen LogP contribution is 2.24. The zero-order valence-electron chi connectivity index (χ0n) is 20.8. The van der Waals surface area contributed by atoms with Crippen LogP contribution in [0.1, 0.15) is 19.4 Å². The Bertz CT molecular complexity index is 1590. The van der Waals surface area contributed by atoms with E-state index in [0.717, 1.165) is 5.39 Å². The van der Waals surface area contributed by atoms with Gasteiger partial charge in [0.1, 0.15) is 17.6 Å². The molecule has 0 saturated heterocycles. The van der Waals surface area contributed by atoms with Gasteiger partial charge >= 0.3 is 0 Å². The number of halogens is 2. The molecular formula is C29H26F2N2O4S. The smallest absolute Gasteiger partial charge is 0.264 e. The summed E-state index contributed by atoms with van der Waals surface area (Å²) in [4.78, 5) is 28.4. The number of nitrogens with zero attached hydrogens (tertiary/aromatic N) is 1. The zero-order chi connectivity index (χ0) is 27.4. The van der Waals surface area contributed by atoms with E-state index in [4.69, 9.17) is 0 Å². The first-order valence-corrected chi connectivity index (χ1v) is 13.4. The number of sulfonamides is 1. The van der Waals surface area contributed by atoms with Crippen molar-refractivity contribution in [2.24, 2.45) is 5.92 Å². The molecule has 0 aliphatic carbocycles. The van der Waals surface area contributed by atoms with Gasteiger partial charge in [0, 0.05) is 11.7 Å². The topological polar surface area (TPSA) is 83.6 Å². The molecule has 0 aliphatic heterocycles. The number of hydrogen-bond donors (Lipinski definition) is 1. The Kier molecular flexibility index (Phi) is 7.87. The van der Waals surface area contributed by atoms with Crippen molar-refractivity contribution in [2.45, 2.75) is 31.2 Å². The molecule has 0 heterocycles. The van der Waals surface area contributed by atoms with Crippen LogP contribution in [0.4, 0.5) is 14.5 Å². The number of amides is 2. The predicted molar refractivity (Wildman–Crippen MR) is 142 cm³/mol. The largest absolute Gasteiger partial charge is 0.309 e. The van der Waals surface area contributed by atoms with Gasteiger partial charge in [-0.3, -0.25) is 9.59 Å². The van der Waals surface area contributed by atoms with Crippen LogP contribution >= 0.6 is 0 Å². The second-order valence-corrected chi connectivity index (χ2v) is 10.8. The summed E-state index contributed by atoms with van der Waals surface area (Å²) in [6.07, 6.45) is -0.250. The Balaban J connectivity index is 1.69. The standard InChI is InChI=1S/C29H26F2N2O4S/c1-19(2)33(25-13-11-23(30)12-14-25)29(35)27(17-20-6-5-9-24(31)16-20)28(34)32-38(36,37)26-15-10-21-7-3-4-8-22(21)18-26/h3-16,18-19,27H,17H2,1-2H3,(H,32,34). The van der Waals surface area contributed by atoms with Crippen LogP contribution in [0.15, 0.2) is 95.9 Å². The average Bonchev–Trinajstić information content (AvgIpc) is 2.87. The third kappa shape index (κ3) is 6.06. The monoisotopic (exact) mass is 536 g/mol. The molecule has 0 bridgehead atoms. The van der Waals surface area contributed by atoms with Crippen LogP contribution < -0.4 is 9.62 Å². The number of anilines is 1. The maximum absolute atomic E-state index is 13.9. The van der Waals surface area contributed by atoms with Crippen LogP contribution in [0.3, 0.4) is 0 Å². The molecule has 4 rings (SSSR count). The molecule has 0 fully saturated rings. The van der Waals surface area contributed by atoms with Crippen LogP contribution in [-0.4, -0.2) is 26.3 Å². The number of carbonyl (C=O) groups excluding carboxylic acids is 2. The minimum Gasteiger partial charge on any atom is -0.309 e. The van der Waals surface area contributed by atoms with Crippen LogP contribution in [0, 0.1) is 17.6 Å². The van der Waals surface area contributed by atoms with Crippen LogP contribution in [0.2, 0.25) is 0 Å². The first-order valence-electron chi connectivity index (χ1n) is 11.9. The maximum Gasteiger partial charge on any atom is 0.264 e. The quantitative estimate of drug-likeness (QED) is 0.313. The molecule has 2 amide bonds. The van der Waals surface area contributed by atoms with E-state index in [9.17, 15) is 26.8 Å². The summed E-state index contributed by atoms with van der Waals surface area (Å²) in [7, 11) is -4.34. The summed E-state index contributed by atoms with van der Waals surface area (Å²) >= 11 is 0. The van der Waals surface area contributed by atoms with Gasteiger partial charge in [0.2, 0.25) is 11.8 Å². The Morgan fingerprint density at radius 2 is 1.50 bits per heavy atom. The summed E-state index contributed by atoms with van der Waals surface area (Å²) < 4.78 is 55.8. The van der Waals surface area contributed by atoms with Gasteiger partial charge in [0.25, 0.3) is 10.0 Å². The molecule has 0 radical (unpaired) electrons. The second-order valence-electron chi connectivity index (χ2n) is 9.14. The van der Waals surface area contributed by atoms with E-state index in [-0.39, 0.29) is 11.3 Å². The predicted octanol–water partition coefficient (Wildman–Crippen LogP) is 5.22. The molecule has 38 heavy (non-hydrogen) atoms. The van der Waals surface area contributed by atoms with Crippen molar-refractivity contribution in [2.75, 3.05) is 4.90 Å². The molecule has 0 aromatic heterocycles. The highest BCUT2D eigenvalue weighted by atomic mass is 32.2. The number of nitrogens with one attached hydrogen (secondary N) is 1. The van der Waals surface area contributed by atoms with Crippen LogP contribution in [0.25, 0.3) is 10.8 Å².